The molecule has 0 atom stereocenters. The molecule has 2 rings (SSSR count). The minimum Gasteiger partial charge on any atom is -0.264 e. The van der Waals surface area contributed by atoms with E-state index in [0.29, 0.717) is 0 Å². The molecule has 0 aromatic carbocycles. The average molecular weight is 190 g/mol. The molecule has 0 amide bonds. The van der Waals surface area contributed by atoms with Crippen LogP contribution in [-0.2, 0) is 6.42 Å². The monoisotopic (exact) mass is 190 g/mol. The van der Waals surface area contributed by atoms with Gasteiger partial charge in [0, 0.05) is 22.8 Å². The Balaban J connectivity index is 2.47. The molecule has 3 heteroatoms. The molecule has 0 N–H and O–H groups in total. The van der Waals surface area contributed by atoms with Crippen LogP contribution in [0.5, 0.6) is 0 Å². The van der Waals surface area contributed by atoms with Crippen molar-refractivity contribution in [3.05, 3.63) is 34.9 Å². The first-order chi connectivity index (χ1) is 6.42. The summed E-state index contributed by atoms with van der Waals surface area (Å²) in [5, 5.41) is 0. The van der Waals surface area contributed by atoms with Crippen LogP contribution < -0.4 is 0 Å². The van der Waals surface area contributed by atoms with Crippen LogP contribution >= 0.6 is 11.3 Å². The first kappa shape index (κ1) is 8.38. The van der Waals surface area contributed by atoms with Crippen molar-refractivity contribution >= 4 is 11.3 Å². The Morgan fingerprint density at radius 1 is 1.46 bits per heavy atom. The first-order valence-electron chi connectivity index (χ1n) is 4.24. The molecule has 2 aromatic heterocycles. The van der Waals surface area contributed by atoms with E-state index in [-0.39, 0.29) is 0 Å². The van der Waals surface area contributed by atoms with Crippen LogP contribution in [0.3, 0.4) is 0 Å². The van der Waals surface area contributed by atoms with Gasteiger partial charge in [-0.2, -0.15) is 0 Å². The maximum atomic E-state index is 4.34. The molecule has 2 nitrogen and oxygen atoms in total. The molecule has 0 radical (unpaired) electrons. The molecule has 0 aliphatic rings. The zero-order valence-electron chi connectivity index (χ0n) is 7.40. The Labute approximate surface area is 81.3 Å². The Morgan fingerprint density at radius 2 is 2.38 bits per heavy atom. The summed E-state index contributed by atoms with van der Waals surface area (Å²) >= 11 is 1.71. The highest BCUT2D eigenvalue weighted by atomic mass is 32.1. The molecule has 2 aromatic rings. The number of aryl methyl sites for hydroxylation is 1. The predicted molar refractivity (Wildman–Crippen MR) is 54.7 cm³/mol. The molecule has 0 bridgehead atoms. The lowest BCUT2D eigenvalue weighted by Gasteiger charge is -1.97. The fraction of sp³-hybridized carbons (Fsp3) is 0.200. The second kappa shape index (κ2) is 3.66. The summed E-state index contributed by atoms with van der Waals surface area (Å²) in [7, 11) is 0. The van der Waals surface area contributed by atoms with Crippen molar-refractivity contribution in [3.63, 3.8) is 0 Å². The Bertz CT molecular complexity index is 381. The van der Waals surface area contributed by atoms with Gasteiger partial charge in [0.15, 0.2) is 0 Å². The lowest BCUT2D eigenvalue weighted by atomic mass is 10.2. The summed E-state index contributed by atoms with van der Waals surface area (Å²) in [6, 6.07) is 3.98. The number of hydrogen-bond acceptors (Lipinski definition) is 3. The SMILES string of the molecule is CCc1scnc1-c1cccnc1. The Morgan fingerprint density at radius 3 is 3.08 bits per heavy atom. The zero-order valence-corrected chi connectivity index (χ0v) is 8.21. The number of pyridine rings is 1. The molecule has 13 heavy (non-hydrogen) atoms. The largest absolute Gasteiger partial charge is 0.264 e. The summed E-state index contributed by atoms with van der Waals surface area (Å²) < 4.78 is 0. The molecule has 0 unspecified atom stereocenters. The van der Waals surface area contributed by atoms with Crippen LogP contribution in [0.15, 0.2) is 30.0 Å². The van der Waals surface area contributed by atoms with Crippen molar-refractivity contribution in [1.82, 2.24) is 9.97 Å². The van der Waals surface area contributed by atoms with Crippen LogP contribution in [0.25, 0.3) is 11.3 Å². The van der Waals surface area contributed by atoms with Crippen LogP contribution in [0.1, 0.15) is 11.8 Å². The quantitative estimate of drug-likeness (QED) is 0.727. The van der Waals surface area contributed by atoms with Gasteiger partial charge in [-0.3, -0.25) is 4.98 Å². The van der Waals surface area contributed by atoms with Crippen molar-refractivity contribution in [2.45, 2.75) is 13.3 Å². The summed E-state index contributed by atoms with van der Waals surface area (Å²) in [4.78, 5) is 9.74. The molecular weight excluding hydrogens is 180 g/mol. The third-order valence-electron chi connectivity index (χ3n) is 1.90. The van der Waals surface area contributed by atoms with E-state index in [1.165, 1.54) is 4.88 Å². The average Bonchev–Trinajstić information content (AvgIpc) is 2.67. The van der Waals surface area contributed by atoms with Gasteiger partial charge in [0.1, 0.15) is 0 Å². The van der Waals surface area contributed by atoms with E-state index in [0.717, 1.165) is 17.7 Å². The van der Waals surface area contributed by atoms with Crippen molar-refractivity contribution in [3.8, 4) is 11.3 Å². The van der Waals surface area contributed by atoms with Crippen LogP contribution in [0.4, 0.5) is 0 Å². The minimum absolute atomic E-state index is 1.04. The number of thiazole rings is 1. The van der Waals surface area contributed by atoms with Gasteiger partial charge in [0.05, 0.1) is 11.2 Å². The van der Waals surface area contributed by atoms with E-state index < -0.39 is 0 Å². The molecule has 66 valence electrons. The third kappa shape index (κ3) is 1.60. The number of nitrogens with zero attached hydrogens (tertiary/aromatic N) is 2. The third-order valence-corrected chi connectivity index (χ3v) is 2.87. The maximum Gasteiger partial charge on any atom is 0.0858 e. The Kier molecular flexibility index (Phi) is 2.36. The van der Waals surface area contributed by atoms with Crippen LogP contribution in [-0.4, -0.2) is 9.97 Å². The fourth-order valence-electron chi connectivity index (χ4n) is 1.26. The van der Waals surface area contributed by atoms with Crippen molar-refractivity contribution in [1.29, 1.82) is 0 Å². The molecular formula is C10H10N2S. The van der Waals surface area contributed by atoms with Crippen molar-refractivity contribution in [2.75, 3.05) is 0 Å². The summed E-state index contributed by atoms with van der Waals surface area (Å²) in [6.07, 6.45) is 4.67. The van der Waals surface area contributed by atoms with Crippen LogP contribution in [0, 0.1) is 0 Å². The first-order valence-corrected chi connectivity index (χ1v) is 5.12. The lowest BCUT2D eigenvalue weighted by molar-refractivity contribution is 1.17. The van der Waals surface area contributed by atoms with Gasteiger partial charge < -0.3 is 0 Å². The summed E-state index contributed by atoms with van der Waals surface area (Å²) in [5.41, 5.74) is 4.09. The highest BCUT2D eigenvalue weighted by Crippen LogP contribution is 2.24. The highest BCUT2D eigenvalue weighted by molar-refractivity contribution is 7.10. The maximum absolute atomic E-state index is 4.34. The lowest BCUT2D eigenvalue weighted by Crippen LogP contribution is -1.83. The van der Waals surface area contributed by atoms with Crippen molar-refractivity contribution < 1.29 is 0 Å². The van der Waals surface area contributed by atoms with Gasteiger partial charge in [0.2, 0.25) is 0 Å². The number of aromatic nitrogens is 2. The molecule has 2 heterocycles. The van der Waals surface area contributed by atoms with Gasteiger partial charge in [0.25, 0.3) is 0 Å². The van der Waals surface area contributed by atoms with Gasteiger partial charge in [-0.15, -0.1) is 11.3 Å². The van der Waals surface area contributed by atoms with E-state index in [1.54, 1.807) is 17.5 Å². The molecule has 0 saturated carbocycles. The topological polar surface area (TPSA) is 25.8 Å². The second-order valence-corrected chi connectivity index (χ2v) is 3.66. The normalized spacial score (nSPS) is 10.2. The number of hydrogen-bond donors (Lipinski definition) is 0. The van der Waals surface area contributed by atoms with Crippen LogP contribution in [0.2, 0.25) is 0 Å². The standard InChI is InChI=1S/C10H10N2S/c1-2-9-10(12-7-13-9)8-4-3-5-11-6-8/h3-7H,2H2,1H3. The van der Waals surface area contributed by atoms with Gasteiger partial charge in [-0.1, -0.05) is 6.92 Å². The molecule has 0 aliphatic heterocycles. The van der Waals surface area contributed by atoms with E-state index in [1.807, 2.05) is 23.8 Å². The highest BCUT2D eigenvalue weighted by Gasteiger charge is 2.05. The number of rotatable bonds is 2. The van der Waals surface area contributed by atoms with Gasteiger partial charge >= 0.3 is 0 Å². The van der Waals surface area contributed by atoms with Crippen molar-refractivity contribution in [2.24, 2.45) is 0 Å². The van der Waals surface area contributed by atoms with E-state index in [4.69, 9.17) is 0 Å². The van der Waals surface area contributed by atoms with Gasteiger partial charge in [-0.05, 0) is 18.6 Å². The van der Waals surface area contributed by atoms with Gasteiger partial charge in [-0.25, -0.2) is 4.98 Å². The smallest absolute Gasteiger partial charge is 0.0858 e. The summed E-state index contributed by atoms with van der Waals surface area (Å²) in [5.74, 6) is 0. The summed E-state index contributed by atoms with van der Waals surface area (Å²) in [6.45, 7) is 2.15. The molecule has 0 spiro atoms. The molecule has 0 saturated heterocycles. The molecule has 0 aliphatic carbocycles. The van der Waals surface area contributed by atoms with E-state index >= 15 is 0 Å². The molecule has 0 fully saturated rings. The van der Waals surface area contributed by atoms with E-state index in [2.05, 4.69) is 16.9 Å². The Hall–Kier alpha value is -1.22. The fourth-order valence-corrected chi connectivity index (χ4v) is 1.99. The second-order valence-electron chi connectivity index (χ2n) is 2.72. The zero-order chi connectivity index (χ0) is 9.10. The predicted octanol–water partition coefficient (Wildman–Crippen LogP) is 2.77. The minimum atomic E-state index is 1.04. The van der Waals surface area contributed by atoms with E-state index in [9.17, 15) is 0 Å².